The van der Waals surface area contributed by atoms with Crippen LogP contribution < -0.4 is 9.44 Å². The number of rotatable bonds is 7. The molecule has 3 rings (SSSR count). The molecule has 0 unspecified atom stereocenters. The van der Waals surface area contributed by atoms with Crippen molar-refractivity contribution in [3.8, 4) is 0 Å². The molecule has 0 saturated carbocycles. The fourth-order valence-electron chi connectivity index (χ4n) is 2.63. The molecule has 0 aromatic heterocycles. The van der Waals surface area contributed by atoms with Gasteiger partial charge in [0.2, 0.25) is 0 Å². The highest BCUT2D eigenvalue weighted by Gasteiger charge is 2.21. The zero-order valence-corrected chi connectivity index (χ0v) is 18.3. The minimum atomic E-state index is -4.20. The molecule has 12 heteroatoms. The number of benzene rings is 3. The average molecular weight is 482 g/mol. The second kappa shape index (κ2) is 8.53. The van der Waals surface area contributed by atoms with Crippen molar-refractivity contribution in [1.82, 2.24) is 0 Å². The zero-order chi connectivity index (χ0) is 22.8. The van der Waals surface area contributed by atoms with Crippen molar-refractivity contribution >= 4 is 48.7 Å². The van der Waals surface area contributed by atoms with E-state index in [1.807, 2.05) is 0 Å². The van der Waals surface area contributed by atoms with Gasteiger partial charge < -0.3 is 0 Å². The summed E-state index contributed by atoms with van der Waals surface area (Å²) in [6, 6.07) is 14.7. The van der Waals surface area contributed by atoms with E-state index in [-0.39, 0.29) is 26.9 Å². The third-order valence-corrected chi connectivity index (χ3v) is 7.19. The molecule has 9 nitrogen and oxygen atoms in total. The van der Waals surface area contributed by atoms with Gasteiger partial charge in [0.25, 0.3) is 25.7 Å². The molecule has 0 saturated heterocycles. The van der Waals surface area contributed by atoms with Crippen LogP contribution in [0.4, 0.5) is 17.1 Å². The number of sulfonamides is 2. The quantitative estimate of drug-likeness (QED) is 0.384. The van der Waals surface area contributed by atoms with Crippen molar-refractivity contribution in [2.75, 3.05) is 9.44 Å². The molecule has 162 valence electrons. The first-order valence-electron chi connectivity index (χ1n) is 8.64. The van der Waals surface area contributed by atoms with Crippen LogP contribution in [0, 0.1) is 17.0 Å². The van der Waals surface area contributed by atoms with Gasteiger partial charge in [-0.05, 0) is 55.5 Å². The Kier molecular flexibility index (Phi) is 6.20. The van der Waals surface area contributed by atoms with Crippen molar-refractivity contribution in [3.05, 3.63) is 87.4 Å². The van der Waals surface area contributed by atoms with Crippen LogP contribution in [0.1, 0.15) is 5.56 Å². The maximum Gasteiger partial charge on any atom is 0.273 e. The third-order valence-electron chi connectivity index (χ3n) is 4.18. The van der Waals surface area contributed by atoms with E-state index in [4.69, 9.17) is 11.6 Å². The summed E-state index contributed by atoms with van der Waals surface area (Å²) in [6.45, 7) is 1.49. The number of aryl methyl sites for hydroxylation is 1. The van der Waals surface area contributed by atoms with Gasteiger partial charge in [-0.1, -0.05) is 23.7 Å². The molecule has 0 fully saturated rings. The molecule has 3 aromatic rings. The van der Waals surface area contributed by atoms with Gasteiger partial charge in [-0.3, -0.25) is 19.6 Å². The molecule has 0 amide bonds. The van der Waals surface area contributed by atoms with E-state index in [1.54, 1.807) is 0 Å². The highest BCUT2D eigenvalue weighted by Crippen LogP contribution is 2.25. The molecule has 2 N–H and O–H groups in total. The van der Waals surface area contributed by atoms with Gasteiger partial charge in [-0.25, -0.2) is 16.8 Å². The summed E-state index contributed by atoms with van der Waals surface area (Å²) in [7, 11) is -8.21. The van der Waals surface area contributed by atoms with Gasteiger partial charge in [0.1, 0.15) is 0 Å². The first kappa shape index (κ1) is 22.5. The van der Waals surface area contributed by atoms with Gasteiger partial charge in [0.05, 0.1) is 20.4 Å². The maximum absolute atomic E-state index is 12.7. The van der Waals surface area contributed by atoms with Crippen LogP contribution in [0.2, 0.25) is 5.02 Å². The molecule has 0 aliphatic heterocycles. The van der Waals surface area contributed by atoms with E-state index >= 15 is 0 Å². The Bertz CT molecular complexity index is 1360. The number of halogens is 1. The Labute approximate surface area is 183 Å². The van der Waals surface area contributed by atoms with Crippen LogP contribution in [-0.4, -0.2) is 21.8 Å². The lowest BCUT2D eigenvalue weighted by atomic mass is 10.2. The van der Waals surface area contributed by atoms with Crippen molar-refractivity contribution in [3.63, 3.8) is 0 Å². The maximum atomic E-state index is 12.7. The molecule has 31 heavy (non-hydrogen) atoms. The van der Waals surface area contributed by atoms with E-state index in [2.05, 4.69) is 9.44 Å². The monoisotopic (exact) mass is 481 g/mol. The summed E-state index contributed by atoms with van der Waals surface area (Å²) in [4.78, 5) is 9.91. The Morgan fingerprint density at radius 3 is 2.00 bits per heavy atom. The van der Waals surface area contributed by atoms with Gasteiger partial charge in [0, 0.05) is 22.3 Å². The molecular weight excluding hydrogens is 466 g/mol. The van der Waals surface area contributed by atoms with Crippen LogP contribution in [0.5, 0.6) is 0 Å². The molecule has 0 atom stereocenters. The minimum Gasteiger partial charge on any atom is -0.280 e. The number of hydrogen-bond donors (Lipinski definition) is 2. The normalized spacial score (nSPS) is 11.7. The van der Waals surface area contributed by atoms with Crippen LogP contribution in [0.25, 0.3) is 0 Å². The predicted octanol–water partition coefficient (Wildman–Crippen LogP) is 4.16. The fraction of sp³-hybridized carbons (Fsp3) is 0.0526. The summed E-state index contributed by atoms with van der Waals surface area (Å²) in [6.07, 6.45) is 0. The van der Waals surface area contributed by atoms with Crippen molar-refractivity contribution in [2.45, 2.75) is 16.7 Å². The Morgan fingerprint density at radius 2 is 1.39 bits per heavy atom. The van der Waals surface area contributed by atoms with Gasteiger partial charge in [-0.15, -0.1) is 0 Å². The molecular formula is C19H16ClN3O6S2. The number of nitro groups is 1. The number of nitro benzene ring substituents is 1. The highest BCUT2D eigenvalue weighted by molar-refractivity contribution is 7.93. The summed E-state index contributed by atoms with van der Waals surface area (Å²) in [5.74, 6) is 0. The standard InChI is InChI=1S/C19H16ClN3O6S2/c1-13-5-10-18(12-19(13)23(24)25)31(28,29)22-16-3-2-4-17(11-16)30(26,27)21-15-8-6-14(20)7-9-15/h2-12,21-22H,1H3. The van der Waals surface area contributed by atoms with E-state index < -0.39 is 25.0 Å². The molecule has 0 aliphatic rings. The second-order valence-electron chi connectivity index (χ2n) is 6.45. The molecule has 3 aromatic carbocycles. The molecule has 0 bridgehead atoms. The lowest BCUT2D eigenvalue weighted by Crippen LogP contribution is -2.15. The summed E-state index contributed by atoms with van der Waals surface area (Å²) in [5.41, 5.74) is 0.223. The van der Waals surface area contributed by atoms with E-state index in [0.29, 0.717) is 10.6 Å². The largest absolute Gasteiger partial charge is 0.280 e. The van der Waals surface area contributed by atoms with Crippen molar-refractivity contribution < 1.29 is 21.8 Å². The number of nitrogens with zero attached hydrogens (tertiary/aromatic N) is 1. The first-order chi connectivity index (χ1) is 14.5. The van der Waals surface area contributed by atoms with Gasteiger partial charge in [0.15, 0.2) is 0 Å². The van der Waals surface area contributed by atoms with Crippen LogP contribution in [0.3, 0.4) is 0 Å². The summed E-state index contributed by atoms with van der Waals surface area (Å²) >= 11 is 5.79. The van der Waals surface area contributed by atoms with E-state index in [0.717, 1.165) is 12.1 Å². The lowest BCUT2D eigenvalue weighted by Gasteiger charge is -2.12. The molecule has 0 heterocycles. The topological polar surface area (TPSA) is 135 Å². The highest BCUT2D eigenvalue weighted by atomic mass is 35.5. The molecule has 0 aliphatic carbocycles. The summed E-state index contributed by atoms with van der Waals surface area (Å²) < 4.78 is 55.2. The van der Waals surface area contributed by atoms with Gasteiger partial charge in [-0.2, -0.15) is 0 Å². The van der Waals surface area contributed by atoms with Gasteiger partial charge >= 0.3 is 0 Å². The number of hydrogen-bond acceptors (Lipinski definition) is 6. The minimum absolute atomic E-state index is 0.0257. The Morgan fingerprint density at radius 1 is 0.806 bits per heavy atom. The second-order valence-corrected chi connectivity index (χ2v) is 10.3. The smallest absolute Gasteiger partial charge is 0.273 e. The molecule has 0 radical (unpaired) electrons. The van der Waals surface area contributed by atoms with Crippen LogP contribution in [-0.2, 0) is 20.0 Å². The van der Waals surface area contributed by atoms with Crippen molar-refractivity contribution in [2.24, 2.45) is 0 Å². The first-order valence-corrected chi connectivity index (χ1v) is 12.0. The lowest BCUT2D eigenvalue weighted by molar-refractivity contribution is -0.385. The Hall–Kier alpha value is -3.15. The Balaban J connectivity index is 1.88. The third kappa shape index (κ3) is 5.32. The number of anilines is 2. The van der Waals surface area contributed by atoms with E-state index in [1.165, 1.54) is 61.5 Å². The van der Waals surface area contributed by atoms with Crippen LogP contribution in [0.15, 0.2) is 76.5 Å². The van der Waals surface area contributed by atoms with Crippen LogP contribution >= 0.6 is 11.6 Å². The fourth-order valence-corrected chi connectivity index (χ4v) is 4.93. The predicted molar refractivity (Wildman–Crippen MR) is 117 cm³/mol. The van der Waals surface area contributed by atoms with Crippen molar-refractivity contribution in [1.29, 1.82) is 0 Å². The SMILES string of the molecule is Cc1ccc(S(=O)(=O)Nc2cccc(S(=O)(=O)Nc3ccc(Cl)cc3)c2)cc1[N+](=O)[O-]. The zero-order valence-electron chi connectivity index (χ0n) is 15.9. The average Bonchev–Trinajstić information content (AvgIpc) is 2.69. The molecule has 0 spiro atoms. The summed E-state index contributed by atoms with van der Waals surface area (Å²) in [5, 5.41) is 11.5. The number of nitrogens with one attached hydrogen (secondary N) is 2. The van der Waals surface area contributed by atoms with E-state index in [9.17, 15) is 26.9 Å².